The van der Waals surface area contributed by atoms with Gasteiger partial charge in [-0.3, -0.25) is 9.69 Å². The van der Waals surface area contributed by atoms with E-state index in [2.05, 4.69) is 11.0 Å². The third kappa shape index (κ3) is 1.52. The van der Waals surface area contributed by atoms with E-state index in [1.165, 1.54) is 30.5 Å². The standard InChI is InChI=1S/C20H23NO3/c22-15-5-3-12-9-14-13-4-6-16(23)19-20(13,17(12)18(15)24-19)7-8-21(14)10-11-1-2-11/h3,5,11,13-14,19,22H,1-2,4,6-10H2/t13-,14+,19-,20-/m0/s1. The normalized spacial score (nSPS) is 39.5. The zero-order chi connectivity index (χ0) is 16.1. The van der Waals surface area contributed by atoms with Gasteiger partial charge in [0.15, 0.2) is 23.4 Å². The van der Waals surface area contributed by atoms with Gasteiger partial charge in [0, 0.05) is 30.0 Å². The molecule has 5 aliphatic rings. The molecule has 2 saturated carbocycles. The van der Waals surface area contributed by atoms with Crippen molar-refractivity contribution in [2.45, 2.75) is 56.1 Å². The van der Waals surface area contributed by atoms with Crippen LogP contribution in [0.15, 0.2) is 12.1 Å². The number of piperidine rings is 1. The van der Waals surface area contributed by atoms with Crippen molar-refractivity contribution in [1.29, 1.82) is 0 Å². The highest BCUT2D eigenvalue weighted by Crippen LogP contribution is 2.63. The van der Waals surface area contributed by atoms with Crippen LogP contribution in [0, 0.1) is 11.8 Å². The van der Waals surface area contributed by atoms with Gasteiger partial charge in [-0.1, -0.05) is 6.07 Å². The van der Waals surface area contributed by atoms with Crippen LogP contribution < -0.4 is 4.74 Å². The number of aromatic hydroxyl groups is 1. The average molecular weight is 325 g/mol. The molecule has 0 radical (unpaired) electrons. The van der Waals surface area contributed by atoms with Crippen molar-refractivity contribution < 1.29 is 14.6 Å². The number of Topliss-reactive ketones (excluding diaryl/α,β-unsaturated/α-hetero) is 1. The van der Waals surface area contributed by atoms with Crippen LogP contribution in [0.4, 0.5) is 0 Å². The van der Waals surface area contributed by atoms with Crippen molar-refractivity contribution in [2.75, 3.05) is 13.1 Å². The average Bonchev–Trinajstić information content (AvgIpc) is 3.32. The summed E-state index contributed by atoms with van der Waals surface area (Å²) in [5.41, 5.74) is 2.33. The number of hydrogen-bond donors (Lipinski definition) is 1. The SMILES string of the molecule is O=C1CC[C@H]2[C@H]3Cc4ccc(O)c5c4[C@@]2(CCN3CC2CC2)[C@H]1O5. The van der Waals surface area contributed by atoms with Gasteiger partial charge >= 0.3 is 0 Å². The molecule has 1 aromatic rings. The molecule has 1 spiro atoms. The molecule has 24 heavy (non-hydrogen) atoms. The van der Waals surface area contributed by atoms with Crippen LogP contribution >= 0.6 is 0 Å². The lowest BCUT2D eigenvalue weighted by Crippen LogP contribution is -2.66. The van der Waals surface area contributed by atoms with Gasteiger partial charge in [0.05, 0.1) is 0 Å². The number of likely N-dealkylation sites (tertiary alicyclic amines) is 1. The number of hydrogen-bond acceptors (Lipinski definition) is 4. The molecule has 3 fully saturated rings. The molecule has 2 aliphatic heterocycles. The number of phenols is 1. The number of nitrogens with zero attached hydrogens (tertiary/aromatic N) is 1. The van der Waals surface area contributed by atoms with E-state index < -0.39 is 0 Å². The lowest BCUT2D eigenvalue weighted by atomic mass is 9.51. The van der Waals surface area contributed by atoms with Gasteiger partial charge in [-0.05, 0) is 62.1 Å². The summed E-state index contributed by atoms with van der Waals surface area (Å²) >= 11 is 0. The highest BCUT2D eigenvalue weighted by Gasteiger charge is 2.65. The third-order valence-electron chi connectivity index (χ3n) is 7.41. The van der Waals surface area contributed by atoms with Crippen LogP contribution in [0.1, 0.15) is 43.2 Å². The number of benzene rings is 1. The monoisotopic (exact) mass is 325 g/mol. The Balaban J connectivity index is 1.53. The minimum absolute atomic E-state index is 0.165. The minimum atomic E-state index is -0.357. The number of carbonyl (C=O) groups excluding carboxylic acids is 1. The Kier molecular flexibility index (Phi) is 2.48. The molecule has 1 saturated heterocycles. The van der Waals surface area contributed by atoms with Gasteiger partial charge in [-0.15, -0.1) is 0 Å². The first-order valence-corrected chi connectivity index (χ1v) is 9.47. The predicted octanol–water partition coefficient (Wildman–Crippen LogP) is 2.41. The number of ketones is 1. The van der Waals surface area contributed by atoms with Crippen LogP contribution in [0.2, 0.25) is 0 Å². The van der Waals surface area contributed by atoms with E-state index in [0.717, 1.165) is 31.7 Å². The quantitative estimate of drug-likeness (QED) is 0.907. The molecule has 0 unspecified atom stereocenters. The molecule has 4 nitrogen and oxygen atoms in total. The Morgan fingerprint density at radius 3 is 3.00 bits per heavy atom. The van der Waals surface area contributed by atoms with Crippen LogP contribution in [-0.4, -0.2) is 41.0 Å². The topological polar surface area (TPSA) is 49.8 Å². The zero-order valence-electron chi connectivity index (χ0n) is 13.8. The fourth-order valence-corrected chi connectivity index (χ4v) is 6.27. The first kappa shape index (κ1) is 13.7. The second-order valence-corrected chi connectivity index (χ2v) is 8.56. The maximum atomic E-state index is 12.7. The number of rotatable bonds is 2. The Morgan fingerprint density at radius 1 is 1.29 bits per heavy atom. The summed E-state index contributed by atoms with van der Waals surface area (Å²) in [5, 5.41) is 10.3. The van der Waals surface area contributed by atoms with Crippen molar-refractivity contribution in [3.63, 3.8) is 0 Å². The highest BCUT2D eigenvalue weighted by atomic mass is 16.5. The molecule has 2 heterocycles. The summed E-state index contributed by atoms with van der Waals surface area (Å²) in [6.45, 7) is 2.30. The predicted molar refractivity (Wildman–Crippen MR) is 88.3 cm³/mol. The van der Waals surface area contributed by atoms with E-state index in [-0.39, 0.29) is 23.1 Å². The number of phenolic OH excluding ortho intramolecular Hbond substituents is 1. The molecule has 0 amide bonds. The maximum Gasteiger partial charge on any atom is 0.174 e. The van der Waals surface area contributed by atoms with Crippen LogP contribution in [0.3, 0.4) is 0 Å². The third-order valence-corrected chi connectivity index (χ3v) is 7.41. The minimum Gasteiger partial charge on any atom is -0.504 e. The van der Waals surface area contributed by atoms with Gasteiger partial charge in [0.2, 0.25) is 0 Å². The van der Waals surface area contributed by atoms with E-state index >= 15 is 0 Å². The van der Waals surface area contributed by atoms with E-state index in [0.29, 0.717) is 24.1 Å². The zero-order valence-corrected chi connectivity index (χ0v) is 13.8. The molecule has 126 valence electrons. The van der Waals surface area contributed by atoms with Gasteiger partial charge in [-0.25, -0.2) is 0 Å². The lowest BCUT2D eigenvalue weighted by Gasteiger charge is -2.57. The van der Waals surface area contributed by atoms with E-state index in [9.17, 15) is 9.90 Å². The van der Waals surface area contributed by atoms with Gasteiger partial charge < -0.3 is 9.84 Å². The van der Waals surface area contributed by atoms with Gasteiger partial charge in [0.1, 0.15) is 0 Å². The summed E-state index contributed by atoms with van der Waals surface area (Å²) in [6.07, 6.45) is 6.08. The Morgan fingerprint density at radius 2 is 2.17 bits per heavy atom. The molecule has 4 heteroatoms. The molecule has 2 bridgehead atoms. The van der Waals surface area contributed by atoms with Gasteiger partial charge in [-0.2, -0.15) is 0 Å². The molecular weight excluding hydrogens is 302 g/mol. The van der Waals surface area contributed by atoms with Crippen molar-refractivity contribution >= 4 is 5.78 Å². The van der Waals surface area contributed by atoms with Crippen LogP contribution in [0.25, 0.3) is 0 Å². The van der Waals surface area contributed by atoms with Crippen molar-refractivity contribution in [3.8, 4) is 11.5 Å². The maximum absolute atomic E-state index is 12.7. The summed E-state index contributed by atoms with van der Waals surface area (Å²) in [7, 11) is 0. The Bertz CT molecular complexity index is 755. The number of carbonyl (C=O) groups is 1. The van der Waals surface area contributed by atoms with Gasteiger partial charge in [0.25, 0.3) is 0 Å². The van der Waals surface area contributed by atoms with Crippen molar-refractivity contribution in [1.82, 2.24) is 4.90 Å². The highest BCUT2D eigenvalue weighted by molar-refractivity contribution is 5.89. The second kappa shape index (κ2) is 4.34. The molecule has 4 atom stereocenters. The Hall–Kier alpha value is -1.55. The first-order valence-electron chi connectivity index (χ1n) is 9.47. The number of ether oxygens (including phenoxy) is 1. The fraction of sp³-hybridized carbons (Fsp3) is 0.650. The van der Waals surface area contributed by atoms with Crippen molar-refractivity contribution in [2.24, 2.45) is 11.8 Å². The van der Waals surface area contributed by atoms with Crippen LogP contribution in [0.5, 0.6) is 11.5 Å². The van der Waals surface area contributed by atoms with E-state index in [4.69, 9.17) is 4.74 Å². The first-order chi connectivity index (χ1) is 11.7. The molecule has 1 N–H and O–H groups in total. The molecule has 1 aromatic carbocycles. The molecular formula is C20H23NO3. The van der Waals surface area contributed by atoms with Crippen molar-refractivity contribution in [3.05, 3.63) is 23.3 Å². The summed E-state index contributed by atoms with van der Waals surface area (Å²) in [6, 6.07) is 4.37. The summed E-state index contributed by atoms with van der Waals surface area (Å²) < 4.78 is 6.13. The Labute approximate surface area is 141 Å². The summed E-state index contributed by atoms with van der Waals surface area (Å²) in [4.78, 5) is 15.4. The van der Waals surface area contributed by atoms with Crippen LogP contribution in [-0.2, 0) is 16.6 Å². The van der Waals surface area contributed by atoms with E-state index in [1.54, 1.807) is 6.07 Å². The smallest absolute Gasteiger partial charge is 0.174 e. The fourth-order valence-electron chi connectivity index (χ4n) is 6.27. The van der Waals surface area contributed by atoms with E-state index in [1.807, 2.05) is 0 Å². The molecule has 6 rings (SSSR count). The summed E-state index contributed by atoms with van der Waals surface area (Å²) in [5.74, 6) is 2.47. The molecule has 0 aromatic heterocycles. The molecule has 3 aliphatic carbocycles. The second-order valence-electron chi connectivity index (χ2n) is 8.56. The lowest BCUT2D eigenvalue weighted by molar-refractivity contribution is -0.138. The largest absolute Gasteiger partial charge is 0.504 e.